The summed E-state index contributed by atoms with van der Waals surface area (Å²) in [5, 5.41) is 31.8. The number of carbonyl (C=O) groups is 1. The minimum atomic E-state index is -0.697. The largest absolute Gasteiger partial charge is 0.431 e. The molecule has 2 amide bonds. The first kappa shape index (κ1) is 27.3. The molecule has 0 radical (unpaired) electrons. The van der Waals surface area contributed by atoms with Gasteiger partial charge in [-0.15, -0.1) is 0 Å². The third-order valence-electron chi connectivity index (χ3n) is 12.5. The molecule has 1 unspecified atom stereocenters. The van der Waals surface area contributed by atoms with Gasteiger partial charge in [0.2, 0.25) is 0 Å². The molecule has 1 aliphatic heterocycles. The van der Waals surface area contributed by atoms with E-state index >= 15 is 0 Å². The summed E-state index contributed by atoms with van der Waals surface area (Å²) in [7, 11) is 0. The topological polar surface area (TPSA) is 124 Å². The number of hydrogen-bond acceptors (Lipinski definition) is 6. The zero-order chi connectivity index (χ0) is 27.4. The molecule has 4 saturated carbocycles. The molecule has 4 aliphatic carbocycles. The Morgan fingerprint density at radius 2 is 1.90 bits per heavy atom. The Morgan fingerprint density at radius 3 is 2.67 bits per heavy atom. The molecule has 216 valence electrons. The Balaban J connectivity index is 1.12. The number of carbonyl (C=O) groups excluding carboxylic acids is 1. The summed E-state index contributed by atoms with van der Waals surface area (Å²) in [5.41, 5.74) is -0.00244. The van der Waals surface area contributed by atoms with Crippen LogP contribution >= 0.6 is 0 Å². The first-order chi connectivity index (χ1) is 18.7. The number of hydrogen-bond donors (Lipinski definition) is 5. The fourth-order valence-corrected chi connectivity index (χ4v) is 10.2. The second kappa shape index (κ2) is 10.2. The molecule has 8 nitrogen and oxygen atoms in total. The van der Waals surface area contributed by atoms with Crippen LogP contribution in [0.3, 0.4) is 0 Å². The van der Waals surface area contributed by atoms with Gasteiger partial charge in [0.1, 0.15) is 0 Å². The van der Waals surface area contributed by atoms with Gasteiger partial charge in [0.15, 0.2) is 0 Å². The zero-order valence-electron chi connectivity index (χ0n) is 23.6. The second-order valence-corrected chi connectivity index (χ2v) is 14.0. The first-order valence-corrected chi connectivity index (χ1v) is 15.4. The van der Waals surface area contributed by atoms with Gasteiger partial charge < -0.3 is 30.6 Å². The molecule has 2 heterocycles. The zero-order valence-corrected chi connectivity index (χ0v) is 23.6. The van der Waals surface area contributed by atoms with E-state index < -0.39 is 5.60 Å². The van der Waals surface area contributed by atoms with Crippen molar-refractivity contribution >= 4 is 6.03 Å². The molecule has 1 aromatic rings. The molecule has 0 bridgehead atoms. The van der Waals surface area contributed by atoms with Crippen LogP contribution in [0, 0.1) is 34.5 Å². The van der Waals surface area contributed by atoms with E-state index in [1.165, 1.54) is 6.07 Å². The van der Waals surface area contributed by atoms with E-state index in [-0.39, 0.29) is 53.0 Å². The Kier molecular flexibility index (Phi) is 7.12. The van der Waals surface area contributed by atoms with E-state index in [4.69, 9.17) is 4.42 Å². The van der Waals surface area contributed by atoms with E-state index in [0.717, 1.165) is 82.9 Å². The third-order valence-corrected chi connectivity index (χ3v) is 12.5. The monoisotopic (exact) mass is 541 g/mol. The van der Waals surface area contributed by atoms with Gasteiger partial charge in [-0.3, -0.25) is 0 Å². The highest BCUT2D eigenvalue weighted by Crippen LogP contribution is 2.70. The van der Waals surface area contributed by atoms with Crippen molar-refractivity contribution in [1.29, 1.82) is 0 Å². The maximum Gasteiger partial charge on any atom is 0.335 e. The van der Waals surface area contributed by atoms with Crippen molar-refractivity contribution in [3.05, 3.63) is 34.4 Å². The first-order valence-electron chi connectivity index (χ1n) is 15.4. The highest BCUT2D eigenvalue weighted by atomic mass is 16.4. The molecule has 1 aromatic heterocycles. The standard InChI is InChI=1S/C31H47N3O5/c1-29-11-7-22(33-28(37)34-26-10-14-32-16-20(26)17-35)15-21(29)4-5-25-24(29)8-12-30(2)23(9-13-31(25,30)38)19-3-6-27(36)39-18-19/h3,6,18,20-26,32,35,38H,4-5,7-17H2,1-2H3,(H2,33,34,37)/t20-,21+,22-,23+,24-,25+,26?,29-,30+,31-/m0/s1. The Bertz CT molecular complexity index is 1110. The summed E-state index contributed by atoms with van der Waals surface area (Å²) in [6.45, 7) is 6.43. The molecule has 0 spiro atoms. The Morgan fingerprint density at radius 1 is 1.05 bits per heavy atom. The Labute approximate surface area is 231 Å². The van der Waals surface area contributed by atoms with Gasteiger partial charge in [-0.1, -0.05) is 13.8 Å². The number of amides is 2. The molecule has 6 rings (SSSR count). The SMILES string of the molecule is C[C@]12CC[C@H](NC(=O)NC3CCNC[C@H]3CO)C[C@H]1CC[C@@H]1[C@@H]2CC[C@]2(C)[C@@H](c3ccc(=O)oc3)CC[C@]12O. The van der Waals surface area contributed by atoms with Gasteiger partial charge in [-0.05, 0) is 111 Å². The maximum atomic E-state index is 12.9. The lowest BCUT2D eigenvalue weighted by Crippen LogP contribution is -2.62. The smallest absolute Gasteiger partial charge is 0.335 e. The molecule has 0 aromatic carbocycles. The van der Waals surface area contributed by atoms with Crippen molar-refractivity contribution in [1.82, 2.24) is 16.0 Å². The number of aliphatic hydroxyl groups excluding tert-OH is 1. The second-order valence-electron chi connectivity index (χ2n) is 14.0. The Hall–Kier alpha value is -1.90. The van der Waals surface area contributed by atoms with E-state index in [1.54, 1.807) is 6.26 Å². The van der Waals surface area contributed by atoms with Crippen molar-refractivity contribution in [3.63, 3.8) is 0 Å². The number of fused-ring (bicyclic) bond motifs is 5. The summed E-state index contributed by atoms with van der Waals surface area (Å²) >= 11 is 0. The fraction of sp³-hybridized carbons (Fsp3) is 0.806. The average Bonchev–Trinajstić information content (AvgIpc) is 3.20. The number of aliphatic hydroxyl groups is 2. The van der Waals surface area contributed by atoms with Crippen molar-refractivity contribution in [2.75, 3.05) is 19.7 Å². The van der Waals surface area contributed by atoms with Crippen LogP contribution in [0.1, 0.15) is 89.5 Å². The minimum absolute atomic E-state index is 0.0139. The predicted molar refractivity (Wildman–Crippen MR) is 148 cm³/mol. The van der Waals surface area contributed by atoms with Crippen molar-refractivity contribution in [2.45, 2.75) is 102 Å². The average molecular weight is 542 g/mol. The number of nitrogens with one attached hydrogen (secondary N) is 3. The van der Waals surface area contributed by atoms with Gasteiger partial charge in [0, 0.05) is 42.6 Å². The predicted octanol–water partition coefficient (Wildman–Crippen LogP) is 3.52. The minimum Gasteiger partial charge on any atom is -0.431 e. The summed E-state index contributed by atoms with van der Waals surface area (Å²) in [4.78, 5) is 24.5. The molecule has 5 aliphatic rings. The van der Waals surface area contributed by atoms with Crippen LogP contribution < -0.4 is 21.6 Å². The van der Waals surface area contributed by atoms with Crippen LogP contribution in [0.4, 0.5) is 4.79 Å². The molecular formula is C31H47N3O5. The van der Waals surface area contributed by atoms with Crippen LogP contribution in [-0.4, -0.2) is 53.6 Å². The summed E-state index contributed by atoms with van der Waals surface area (Å²) < 4.78 is 5.23. The molecule has 39 heavy (non-hydrogen) atoms. The van der Waals surface area contributed by atoms with Gasteiger partial charge in [0.25, 0.3) is 0 Å². The molecule has 5 N–H and O–H groups in total. The van der Waals surface area contributed by atoms with Crippen LogP contribution in [0.2, 0.25) is 0 Å². The van der Waals surface area contributed by atoms with E-state index in [0.29, 0.717) is 17.8 Å². The highest BCUT2D eigenvalue weighted by molar-refractivity contribution is 5.74. The van der Waals surface area contributed by atoms with Crippen molar-refractivity contribution in [2.24, 2.45) is 34.5 Å². The maximum absolute atomic E-state index is 12.9. The number of rotatable bonds is 4. The molecule has 8 heteroatoms. The lowest BCUT2D eigenvalue weighted by Gasteiger charge is -2.63. The van der Waals surface area contributed by atoms with Crippen LogP contribution in [0.15, 0.2) is 27.6 Å². The molecular weight excluding hydrogens is 494 g/mol. The van der Waals surface area contributed by atoms with Crippen molar-refractivity contribution in [3.8, 4) is 0 Å². The lowest BCUT2D eigenvalue weighted by molar-refractivity contribution is -0.201. The van der Waals surface area contributed by atoms with Crippen molar-refractivity contribution < 1.29 is 19.4 Å². The summed E-state index contributed by atoms with van der Waals surface area (Å²) in [6, 6.07) is 3.50. The van der Waals surface area contributed by atoms with E-state index in [9.17, 15) is 19.8 Å². The van der Waals surface area contributed by atoms with Gasteiger partial charge >= 0.3 is 11.7 Å². The molecule has 10 atom stereocenters. The van der Waals surface area contributed by atoms with E-state index in [2.05, 4.69) is 29.8 Å². The molecule has 5 fully saturated rings. The van der Waals surface area contributed by atoms with Gasteiger partial charge in [0.05, 0.1) is 11.9 Å². The number of piperidine rings is 1. The van der Waals surface area contributed by atoms with Crippen LogP contribution in [0.25, 0.3) is 0 Å². The van der Waals surface area contributed by atoms with E-state index in [1.807, 2.05) is 6.07 Å². The third kappa shape index (κ3) is 4.45. The lowest BCUT2D eigenvalue weighted by atomic mass is 9.43. The van der Waals surface area contributed by atoms with Crippen LogP contribution in [0.5, 0.6) is 0 Å². The fourth-order valence-electron chi connectivity index (χ4n) is 10.2. The molecule has 1 saturated heterocycles. The highest BCUT2D eigenvalue weighted by Gasteiger charge is 2.67. The quantitative estimate of drug-likeness (QED) is 0.397. The van der Waals surface area contributed by atoms with Crippen LogP contribution in [-0.2, 0) is 0 Å². The number of urea groups is 1. The van der Waals surface area contributed by atoms with Gasteiger partial charge in [-0.25, -0.2) is 9.59 Å². The normalized spacial score (nSPS) is 45.5. The summed E-state index contributed by atoms with van der Waals surface area (Å²) in [5.74, 6) is 1.61. The summed E-state index contributed by atoms with van der Waals surface area (Å²) in [6.07, 6.45) is 11.5. The van der Waals surface area contributed by atoms with Gasteiger partial charge in [-0.2, -0.15) is 0 Å².